The topological polar surface area (TPSA) is 121 Å². The fourth-order valence-corrected chi connectivity index (χ4v) is 2.47. The maximum Gasteiger partial charge on any atom is 0.302 e. The van der Waals surface area contributed by atoms with Gasteiger partial charge in [-0.2, -0.15) is 4.68 Å². The van der Waals surface area contributed by atoms with Gasteiger partial charge in [-0.15, -0.1) is 10.2 Å². The van der Waals surface area contributed by atoms with Crippen LogP contribution in [0, 0.1) is 12.8 Å². The van der Waals surface area contributed by atoms with Crippen molar-refractivity contribution in [1.82, 2.24) is 24.9 Å². The number of hydrogen-bond donors (Lipinski definition) is 1. The number of nitrogens with zero attached hydrogens (tertiary/aromatic N) is 5. The molecule has 0 amide bonds. The van der Waals surface area contributed by atoms with Gasteiger partial charge in [0.15, 0.2) is 11.7 Å². The van der Waals surface area contributed by atoms with E-state index in [4.69, 9.17) is 9.47 Å². The van der Waals surface area contributed by atoms with Crippen molar-refractivity contribution < 1.29 is 19.5 Å². The summed E-state index contributed by atoms with van der Waals surface area (Å²) in [5, 5.41) is 21.7. The molecule has 10 nitrogen and oxygen atoms in total. The Labute approximate surface area is 136 Å². The van der Waals surface area contributed by atoms with E-state index in [1.165, 1.54) is 6.92 Å². The Hall–Kier alpha value is -2.49. The van der Waals surface area contributed by atoms with Crippen molar-refractivity contribution >= 4 is 17.0 Å². The molecule has 3 rings (SSSR count). The minimum Gasteiger partial charge on any atom is -0.463 e. The van der Waals surface area contributed by atoms with Crippen molar-refractivity contribution in [3.63, 3.8) is 0 Å². The number of aromatic nitrogens is 5. The zero-order valence-electron chi connectivity index (χ0n) is 13.2. The molecule has 10 heteroatoms. The fourth-order valence-electron chi connectivity index (χ4n) is 2.47. The average molecular weight is 335 g/mol. The zero-order chi connectivity index (χ0) is 17.3. The Morgan fingerprint density at radius 3 is 2.96 bits per heavy atom. The average Bonchev–Trinajstić information content (AvgIpc) is 3.12. The van der Waals surface area contributed by atoms with Crippen molar-refractivity contribution in [3.8, 4) is 0 Å². The Kier molecular flexibility index (Phi) is 4.47. The highest BCUT2D eigenvalue weighted by molar-refractivity contribution is 5.75. The molecule has 0 aromatic carbocycles. The van der Waals surface area contributed by atoms with Crippen molar-refractivity contribution in [2.45, 2.75) is 39.0 Å². The number of hydrogen-bond acceptors (Lipinski definition) is 8. The standard InChI is InChI=1S/C14H17N5O5/c1-3-4-10-12-13(19(22)16-10)14(21)18(17-15-12)11-6-5-9(24-11)7-23-8(2)20/h5-6,9,11,22H,3-4,7H2,1-2H3. The number of fused-ring (bicyclic) bond motifs is 1. The second-order valence-electron chi connectivity index (χ2n) is 5.38. The van der Waals surface area contributed by atoms with E-state index in [2.05, 4.69) is 15.4 Å². The highest BCUT2D eigenvalue weighted by Gasteiger charge is 2.31. The van der Waals surface area contributed by atoms with Crippen LogP contribution in [0.1, 0.15) is 32.2 Å². The Morgan fingerprint density at radius 2 is 2.25 bits per heavy atom. The summed E-state index contributed by atoms with van der Waals surface area (Å²) in [5.74, 6) is -0.415. The first kappa shape index (κ1) is 16.4. The minimum atomic E-state index is -0.792. The lowest BCUT2D eigenvalue weighted by molar-refractivity contribution is -0.145. The molecule has 2 aromatic rings. The Balaban J connectivity index is 1.86. The Morgan fingerprint density at radius 1 is 1.46 bits per heavy atom. The predicted octanol–water partition coefficient (Wildman–Crippen LogP) is 0.0469. The van der Waals surface area contributed by atoms with Crippen LogP contribution in [-0.2, 0) is 20.7 Å². The molecule has 1 aliphatic rings. The zero-order valence-corrected chi connectivity index (χ0v) is 13.2. The number of ether oxygens (including phenoxy) is 2. The maximum absolute atomic E-state index is 12.6. The molecular weight excluding hydrogens is 318 g/mol. The normalized spacial score (nSPS) is 20.6. The van der Waals surface area contributed by atoms with Gasteiger partial charge in [0.2, 0.25) is 0 Å². The summed E-state index contributed by atoms with van der Waals surface area (Å²) in [4.78, 5) is 23.9. The van der Waals surface area contributed by atoms with Crippen molar-refractivity contribution in [2.24, 2.45) is 0 Å². The Bertz CT molecular complexity index is 814. The van der Waals surface area contributed by atoms with Crippen molar-refractivity contribution in [1.29, 1.82) is 0 Å². The first-order chi connectivity index (χ1) is 11.5. The largest absolute Gasteiger partial charge is 0.463 e. The number of carbonyl (C=O) groups is 1. The molecular formula is C14H17N5O5. The van der Waals surface area contributed by atoms with E-state index in [9.17, 15) is 14.8 Å². The van der Waals surface area contributed by atoms with Gasteiger partial charge in [-0.05, 0) is 6.42 Å². The quantitative estimate of drug-likeness (QED) is 0.601. The van der Waals surface area contributed by atoms with Crippen LogP contribution in [0.4, 0.5) is 0 Å². The van der Waals surface area contributed by atoms with E-state index in [0.29, 0.717) is 17.0 Å². The van der Waals surface area contributed by atoms with Gasteiger partial charge >= 0.3 is 11.5 Å². The molecule has 1 saturated heterocycles. The third kappa shape index (κ3) is 2.96. The van der Waals surface area contributed by atoms with Crippen LogP contribution in [0.15, 0.2) is 4.79 Å². The van der Waals surface area contributed by atoms with Gasteiger partial charge in [-0.1, -0.05) is 23.4 Å². The molecule has 2 aromatic heterocycles. The smallest absolute Gasteiger partial charge is 0.302 e. The molecule has 1 fully saturated rings. The first-order valence-electron chi connectivity index (χ1n) is 7.54. The predicted molar refractivity (Wildman–Crippen MR) is 79.9 cm³/mol. The van der Waals surface area contributed by atoms with Gasteiger partial charge in [0.1, 0.15) is 12.1 Å². The summed E-state index contributed by atoms with van der Waals surface area (Å²) in [5.41, 5.74) is 0.176. The highest BCUT2D eigenvalue weighted by atomic mass is 16.6. The molecule has 2 radical (unpaired) electrons. The van der Waals surface area contributed by atoms with Gasteiger partial charge < -0.3 is 14.7 Å². The molecule has 0 bridgehead atoms. The number of rotatable bonds is 5. The lowest BCUT2D eigenvalue weighted by Gasteiger charge is -2.13. The van der Waals surface area contributed by atoms with Gasteiger partial charge in [-0.3, -0.25) is 9.59 Å². The molecule has 2 atom stereocenters. The van der Waals surface area contributed by atoms with E-state index in [1.807, 2.05) is 6.92 Å². The molecule has 1 aliphatic heterocycles. The van der Waals surface area contributed by atoms with Crippen LogP contribution in [0.5, 0.6) is 0 Å². The molecule has 0 saturated carbocycles. The number of aryl methyl sites for hydroxylation is 1. The van der Waals surface area contributed by atoms with Crippen LogP contribution in [-0.4, -0.2) is 48.8 Å². The second-order valence-corrected chi connectivity index (χ2v) is 5.38. The van der Waals surface area contributed by atoms with E-state index < -0.39 is 23.9 Å². The van der Waals surface area contributed by atoms with E-state index in [-0.39, 0.29) is 17.6 Å². The van der Waals surface area contributed by atoms with Crippen LogP contribution < -0.4 is 5.56 Å². The summed E-state index contributed by atoms with van der Waals surface area (Å²) in [7, 11) is 0. The third-order valence-electron chi connectivity index (χ3n) is 3.55. The third-order valence-corrected chi connectivity index (χ3v) is 3.55. The highest BCUT2D eigenvalue weighted by Crippen LogP contribution is 2.25. The van der Waals surface area contributed by atoms with Gasteiger partial charge in [0.05, 0.1) is 11.8 Å². The molecule has 0 aliphatic carbocycles. The first-order valence-corrected chi connectivity index (χ1v) is 7.54. The molecule has 1 N–H and O–H groups in total. The SMILES string of the molecule is CCCc1nn(O)c2c(=O)n(C3[CH][CH]C(COC(C)=O)O3)nnc12. The van der Waals surface area contributed by atoms with Crippen molar-refractivity contribution in [2.75, 3.05) is 6.61 Å². The summed E-state index contributed by atoms with van der Waals surface area (Å²) >= 11 is 0. The van der Waals surface area contributed by atoms with Crippen LogP contribution in [0.2, 0.25) is 0 Å². The van der Waals surface area contributed by atoms with Gasteiger partial charge in [0.25, 0.3) is 0 Å². The molecule has 2 unspecified atom stereocenters. The summed E-state index contributed by atoms with van der Waals surface area (Å²) in [6, 6.07) is 0. The summed E-state index contributed by atoms with van der Waals surface area (Å²) < 4.78 is 11.5. The lowest BCUT2D eigenvalue weighted by Crippen LogP contribution is -2.30. The number of esters is 1. The second kappa shape index (κ2) is 6.56. The minimum absolute atomic E-state index is 0.0470. The maximum atomic E-state index is 12.6. The molecule has 0 spiro atoms. The summed E-state index contributed by atoms with van der Waals surface area (Å²) in [6.45, 7) is 3.30. The van der Waals surface area contributed by atoms with Crippen molar-refractivity contribution in [3.05, 3.63) is 28.9 Å². The monoisotopic (exact) mass is 335 g/mol. The van der Waals surface area contributed by atoms with Crippen LogP contribution in [0.25, 0.3) is 11.0 Å². The number of carbonyl (C=O) groups excluding carboxylic acids is 1. The van der Waals surface area contributed by atoms with E-state index >= 15 is 0 Å². The van der Waals surface area contributed by atoms with Gasteiger partial charge in [-0.25, -0.2) is 0 Å². The van der Waals surface area contributed by atoms with Crippen LogP contribution >= 0.6 is 0 Å². The van der Waals surface area contributed by atoms with E-state index in [1.54, 1.807) is 12.8 Å². The van der Waals surface area contributed by atoms with Gasteiger partial charge in [0, 0.05) is 19.8 Å². The fraction of sp³-hybridized carbons (Fsp3) is 0.500. The summed E-state index contributed by atoms with van der Waals surface area (Å²) in [6.07, 6.45) is 3.39. The van der Waals surface area contributed by atoms with Crippen LogP contribution in [0.3, 0.4) is 0 Å². The molecule has 3 heterocycles. The van der Waals surface area contributed by atoms with E-state index in [0.717, 1.165) is 11.1 Å². The lowest BCUT2D eigenvalue weighted by atomic mass is 10.2. The molecule has 24 heavy (non-hydrogen) atoms. The molecule has 128 valence electrons.